The summed E-state index contributed by atoms with van der Waals surface area (Å²) in [7, 11) is 1.58. The van der Waals surface area contributed by atoms with Gasteiger partial charge in [-0.2, -0.15) is 0 Å². The zero-order valence-electron chi connectivity index (χ0n) is 9.93. The van der Waals surface area contributed by atoms with Crippen molar-refractivity contribution in [2.45, 2.75) is 6.42 Å². The summed E-state index contributed by atoms with van der Waals surface area (Å²) >= 11 is 5.68. The number of nitro benzene ring substituents is 1. The fraction of sp³-hybridized carbons (Fsp3) is 0.364. The number of hydrogen-bond donors (Lipinski definition) is 1. The number of benzene rings is 1. The highest BCUT2D eigenvalue weighted by molar-refractivity contribution is 6.31. The Labute approximate surface area is 109 Å². The summed E-state index contributed by atoms with van der Waals surface area (Å²) in [6.45, 7) is 0.912. The maximum Gasteiger partial charge on any atom is 0.283 e. The van der Waals surface area contributed by atoms with Crippen LogP contribution in [0.2, 0.25) is 5.02 Å². The zero-order chi connectivity index (χ0) is 13.7. The molecular weight excluding hydrogens is 258 g/mol. The molecule has 0 saturated heterocycles. The Morgan fingerprint density at radius 3 is 2.78 bits per heavy atom. The fourth-order valence-corrected chi connectivity index (χ4v) is 1.64. The molecular formula is C11H14ClN3O3. The van der Waals surface area contributed by atoms with Gasteiger partial charge in [-0.25, -0.2) is 0 Å². The molecule has 2 N–H and O–H groups in total. The standard InChI is InChI=1S/C11H14ClN3O3/c1-14(6-2-5-13)11(16)9-4-3-8(12)7-10(9)15(17)18/h3-4,7H,2,5-6,13H2,1H3. The van der Waals surface area contributed by atoms with Gasteiger partial charge in [-0.05, 0) is 25.1 Å². The Bertz CT molecular complexity index is 465. The van der Waals surface area contributed by atoms with Crippen molar-refractivity contribution in [3.63, 3.8) is 0 Å². The van der Waals surface area contributed by atoms with Crippen molar-refractivity contribution in [1.29, 1.82) is 0 Å². The molecule has 0 saturated carbocycles. The molecule has 0 aromatic heterocycles. The van der Waals surface area contributed by atoms with Crippen molar-refractivity contribution in [2.24, 2.45) is 5.73 Å². The van der Waals surface area contributed by atoms with E-state index in [4.69, 9.17) is 17.3 Å². The normalized spacial score (nSPS) is 10.2. The third-order valence-corrected chi connectivity index (χ3v) is 2.67. The molecule has 1 amide bonds. The van der Waals surface area contributed by atoms with E-state index in [0.29, 0.717) is 19.5 Å². The van der Waals surface area contributed by atoms with Gasteiger partial charge < -0.3 is 10.6 Å². The molecule has 0 aliphatic carbocycles. The van der Waals surface area contributed by atoms with Crippen LogP contribution in [-0.4, -0.2) is 35.9 Å². The molecule has 0 heterocycles. The van der Waals surface area contributed by atoms with Gasteiger partial charge in [0.1, 0.15) is 5.56 Å². The summed E-state index contributed by atoms with van der Waals surface area (Å²) in [4.78, 5) is 23.7. The number of rotatable bonds is 5. The molecule has 0 bridgehead atoms. The van der Waals surface area contributed by atoms with Gasteiger partial charge in [0.05, 0.1) is 4.92 Å². The molecule has 0 radical (unpaired) electrons. The van der Waals surface area contributed by atoms with Gasteiger partial charge in [-0.1, -0.05) is 11.6 Å². The van der Waals surface area contributed by atoms with Crippen LogP contribution in [-0.2, 0) is 0 Å². The highest BCUT2D eigenvalue weighted by Gasteiger charge is 2.22. The van der Waals surface area contributed by atoms with Crippen LogP contribution in [0, 0.1) is 10.1 Å². The van der Waals surface area contributed by atoms with Gasteiger partial charge in [0.2, 0.25) is 0 Å². The van der Waals surface area contributed by atoms with E-state index in [1.54, 1.807) is 7.05 Å². The Kier molecular flexibility index (Phi) is 5.06. The molecule has 0 atom stereocenters. The van der Waals surface area contributed by atoms with E-state index in [1.807, 2.05) is 0 Å². The topological polar surface area (TPSA) is 89.5 Å². The van der Waals surface area contributed by atoms with E-state index in [2.05, 4.69) is 0 Å². The van der Waals surface area contributed by atoms with Gasteiger partial charge in [0.15, 0.2) is 0 Å². The van der Waals surface area contributed by atoms with Crippen molar-refractivity contribution in [3.05, 3.63) is 38.9 Å². The molecule has 0 spiro atoms. The monoisotopic (exact) mass is 271 g/mol. The SMILES string of the molecule is CN(CCCN)C(=O)c1ccc(Cl)cc1[N+](=O)[O-]. The van der Waals surface area contributed by atoms with Crippen molar-refractivity contribution < 1.29 is 9.72 Å². The summed E-state index contributed by atoms with van der Waals surface area (Å²) < 4.78 is 0. The molecule has 0 unspecified atom stereocenters. The molecule has 0 aliphatic heterocycles. The molecule has 7 heteroatoms. The minimum Gasteiger partial charge on any atom is -0.341 e. The highest BCUT2D eigenvalue weighted by Crippen LogP contribution is 2.24. The lowest BCUT2D eigenvalue weighted by Gasteiger charge is -2.16. The Hall–Kier alpha value is -1.66. The lowest BCUT2D eigenvalue weighted by atomic mass is 10.1. The maximum absolute atomic E-state index is 12.0. The van der Waals surface area contributed by atoms with E-state index >= 15 is 0 Å². The minimum atomic E-state index is -0.615. The van der Waals surface area contributed by atoms with Gasteiger partial charge in [-0.15, -0.1) is 0 Å². The molecule has 0 aliphatic rings. The quantitative estimate of drug-likeness (QED) is 0.651. The highest BCUT2D eigenvalue weighted by atomic mass is 35.5. The smallest absolute Gasteiger partial charge is 0.283 e. The number of hydrogen-bond acceptors (Lipinski definition) is 4. The second-order valence-electron chi connectivity index (χ2n) is 3.79. The van der Waals surface area contributed by atoms with Crippen LogP contribution in [0.3, 0.4) is 0 Å². The molecule has 1 rings (SSSR count). The molecule has 98 valence electrons. The van der Waals surface area contributed by atoms with Crippen LogP contribution in [0.25, 0.3) is 0 Å². The molecule has 6 nitrogen and oxygen atoms in total. The van der Waals surface area contributed by atoms with Gasteiger partial charge >= 0.3 is 0 Å². The third kappa shape index (κ3) is 3.41. The van der Waals surface area contributed by atoms with E-state index < -0.39 is 10.8 Å². The van der Waals surface area contributed by atoms with E-state index in [1.165, 1.54) is 23.1 Å². The van der Waals surface area contributed by atoms with Crippen LogP contribution < -0.4 is 5.73 Å². The summed E-state index contributed by atoms with van der Waals surface area (Å²) in [5.74, 6) is -0.410. The van der Waals surface area contributed by atoms with Gasteiger partial charge in [0.25, 0.3) is 11.6 Å². The number of nitro groups is 1. The number of nitrogens with two attached hydrogens (primary N) is 1. The van der Waals surface area contributed by atoms with Crippen LogP contribution in [0.5, 0.6) is 0 Å². The van der Waals surface area contributed by atoms with Crippen molar-refractivity contribution in [1.82, 2.24) is 4.90 Å². The third-order valence-electron chi connectivity index (χ3n) is 2.43. The van der Waals surface area contributed by atoms with Crippen molar-refractivity contribution >= 4 is 23.2 Å². The number of amides is 1. The maximum atomic E-state index is 12.0. The fourth-order valence-electron chi connectivity index (χ4n) is 1.47. The lowest BCUT2D eigenvalue weighted by Crippen LogP contribution is -2.29. The molecule has 0 fully saturated rings. The first kappa shape index (κ1) is 14.4. The minimum absolute atomic E-state index is 0.0314. The first-order valence-corrected chi connectivity index (χ1v) is 5.74. The zero-order valence-corrected chi connectivity index (χ0v) is 10.7. The summed E-state index contributed by atoms with van der Waals surface area (Å²) in [5, 5.41) is 11.1. The molecule has 1 aromatic carbocycles. The Morgan fingerprint density at radius 1 is 1.56 bits per heavy atom. The average molecular weight is 272 g/mol. The number of carbonyl (C=O) groups excluding carboxylic acids is 1. The van der Waals surface area contributed by atoms with Crippen LogP contribution in [0.15, 0.2) is 18.2 Å². The van der Waals surface area contributed by atoms with Crippen LogP contribution in [0.4, 0.5) is 5.69 Å². The van der Waals surface area contributed by atoms with E-state index in [9.17, 15) is 14.9 Å². The van der Waals surface area contributed by atoms with Gasteiger partial charge in [0, 0.05) is 24.7 Å². The molecule has 18 heavy (non-hydrogen) atoms. The van der Waals surface area contributed by atoms with Crippen molar-refractivity contribution in [2.75, 3.05) is 20.1 Å². The summed E-state index contributed by atoms with van der Waals surface area (Å²) in [6.07, 6.45) is 0.642. The van der Waals surface area contributed by atoms with Crippen molar-refractivity contribution in [3.8, 4) is 0 Å². The van der Waals surface area contributed by atoms with E-state index in [0.717, 1.165) is 0 Å². The number of carbonyl (C=O) groups is 1. The Morgan fingerprint density at radius 2 is 2.22 bits per heavy atom. The predicted molar refractivity (Wildman–Crippen MR) is 68.7 cm³/mol. The average Bonchev–Trinajstić information content (AvgIpc) is 2.34. The second kappa shape index (κ2) is 6.32. The first-order valence-electron chi connectivity index (χ1n) is 5.37. The Balaban J connectivity index is 3.01. The summed E-state index contributed by atoms with van der Waals surface area (Å²) in [5.41, 5.74) is 5.10. The largest absolute Gasteiger partial charge is 0.341 e. The van der Waals surface area contributed by atoms with Crippen LogP contribution in [0.1, 0.15) is 16.8 Å². The predicted octanol–water partition coefficient (Wildman–Crippen LogP) is 1.67. The second-order valence-corrected chi connectivity index (χ2v) is 4.22. The summed E-state index contributed by atoms with van der Waals surface area (Å²) in [6, 6.07) is 3.99. The first-order chi connectivity index (χ1) is 8.47. The van der Waals surface area contributed by atoms with Gasteiger partial charge in [-0.3, -0.25) is 14.9 Å². The van der Waals surface area contributed by atoms with E-state index in [-0.39, 0.29) is 16.3 Å². The lowest BCUT2D eigenvalue weighted by molar-refractivity contribution is -0.385. The number of halogens is 1. The molecule has 1 aromatic rings. The number of nitrogens with zero attached hydrogens (tertiary/aromatic N) is 2. The van der Waals surface area contributed by atoms with Crippen LogP contribution >= 0.6 is 11.6 Å².